The summed E-state index contributed by atoms with van der Waals surface area (Å²) in [6.07, 6.45) is 8.93. The first-order chi connectivity index (χ1) is 10.2. The summed E-state index contributed by atoms with van der Waals surface area (Å²) in [5.41, 5.74) is 6.55. The Morgan fingerprint density at radius 3 is 2.67 bits per heavy atom. The molecule has 3 N–H and O–H groups in total. The number of hydrogen-bond acceptors (Lipinski definition) is 5. The van der Waals surface area contributed by atoms with Gasteiger partial charge in [-0.25, -0.2) is 9.78 Å². The molecule has 1 aromatic heterocycles. The van der Waals surface area contributed by atoms with Crippen LogP contribution in [0.3, 0.4) is 0 Å². The molecule has 0 saturated carbocycles. The highest BCUT2D eigenvalue weighted by atomic mass is 16.5. The Labute approximate surface area is 127 Å². The molecular formula is C16H27N3O2. The SMILES string of the molecule is CCCCCCCCNc1ncc(N)cc1C(=O)OCC. The first-order valence-corrected chi connectivity index (χ1v) is 7.85. The minimum absolute atomic E-state index is 0.338. The highest BCUT2D eigenvalue weighted by Gasteiger charge is 2.14. The molecule has 21 heavy (non-hydrogen) atoms. The number of unbranched alkanes of at least 4 members (excludes halogenated alkanes) is 5. The highest BCUT2D eigenvalue weighted by Crippen LogP contribution is 2.17. The number of pyridine rings is 1. The number of rotatable bonds is 10. The second kappa shape index (κ2) is 10.0. The number of anilines is 2. The minimum Gasteiger partial charge on any atom is -0.462 e. The predicted octanol–water partition coefficient (Wildman–Crippen LogP) is 3.61. The lowest BCUT2D eigenvalue weighted by molar-refractivity contribution is 0.0527. The van der Waals surface area contributed by atoms with Gasteiger partial charge < -0.3 is 15.8 Å². The summed E-state index contributed by atoms with van der Waals surface area (Å²) >= 11 is 0. The second-order valence-electron chi connectivity index (χ2n) is 5.08. The Bertz CT molecular complexity index is 436. The van der Waals surface area contributed by atoms with Crippen molar-refractivity contribution in [1.82, 2.24) is 4.98 Å². The van der Waals surface area contributed by atoms with Crippen molar-refractivity contribution >= 4 is 17.5 Å². The third kappa shape index (κ3) is 6.47. The zero-order valence-electron chi connectivity index (χ0n) is 13.2. The van der Waals surface area contributed by atoms with E-state index in [9.17, 15) is 4.79 Å². The molecule has 0 amide bonds. The van der Waals surface area contributed by atoms with E-state index in [0.29, 0.717) is 23.7 Å². The zero-order valence-corrected chi connectivity index (χ0v) is 13.2. The van der Waals surface area contributed by atoms with Crippen LogP contribution in [0.2, 0.25) is 0 Å². The van der Waals surface area contributed by atoms with Gasteiger partial charge in [-0.3, -0.25) is 0 Å². The van der Waals surface area contributed by atoms with E-state index >= 15 is 0 Å². The van der Waals surface area contributed by atoms with Crippen LogP contribution in [-0.4, -0.2) is 24.1 Å². The van der Waals surface area contributed by atoms with E-state index in [4.69, 9.17) is 10.5 Å². The Morgan fingerprint density at radius 1 is 1.24 bits per heavy atom. The van der Waals surface area contributed by atoms with E-state index in [2.05, 4.69) is 17.2 Å². The molecule has 5 heteroatoms. The quantitative estimate of drug-likeness (QED) is 0.509. The van der Waals surface area contributed by atoms with Gasteiger partial charge in [-0.15, -0.1) is 0 Å². The average molecular weight is 293 g/mol. The van der Waals surface area contributed by atoms with Gasteiger partial charge in [-0.2, -0.15) is 0 Å². The Balaban J connectivity index is 2.45. The van der Waals surface area contributed by atoms with Crippen molar-refractivity contribution in [2.24, 2.45) is 0 Å². The summed E-state index contributed by atoms with van der Waals surface area (Å²) in [7, 11) is 0. The number of nitrogens with one attached hydrogen (secondary N) is 1. The average Bonchev–Trinajstić information content (AvgIpc) is 2.47. The fourth-order valence-corrected chi connectivity index (χ4v) is 2.10. The minimum atomic E-state index is -0.386. The lowest BCUT2D eigenvalue weighted by Crippen LogP contribution is -2.13. The van der Waals surface area contributed by atoms with Gasteiger partial charge in [-0.1, -0.05) is 39.0 Å². The number of hydrogen-bond donors (Lipinski definition) is 2. The zero-order chi connectivity index (χ0) is 15.5. The smallest absolute Gasteiger partial charge is 0.341 e. The number of nitrogens with zero attached hydrogens (tertiary/aromatic N) is 1. The van der Waals surface area contributed by atoms with Crippen molar-refractivity contribution in [3.8, 4) is 0 Å². The van der Waals surface area contributed by atoms with Gasteiger partial charge in [0.1, 0.15) is 11.4 Å². The van der Waals surface area contributed by atoms with Gasteiger partial charge in [0.15, 0.2) is 0 Å². The topological polar surface area (TPSA) is 77.2 Å². The first-order valence-electron chi connectivity index (χ1n) is 7.85. The molecule has 1 heterocycles. The van der Waals surface area contributed by atoms with E-state index in [1.165, 1.54) is 32.1 Å². The molecule has 0 saturated heterocycles. The third-order valence-corrected chi connectivity index (χ3v) is 3.23. The second-order valence-corrected chi connectivity index (χ2v) is 5.08. The summed E-state index contributed by atoms with van der Waals surface area (Å²) in [4.78, 5) is 16.1. The summed E-state index contributed by atoms with van der Waals surface area (Å²) in [5, 5.41) is 3.20. The number of esters is 1. The molecule has 0 aromatic carbocycles. The number of ether oxygens (including phenoxy) is 1. The fourth-order valence-electron chi connectivity index (χ4n) is 2.10. The summed E-state index contributed by atoms with van der Waals surface area (Å²) in [6, 6.07) is 1.61. The van der Waals surface area contributed by atoms with Crippen molar-refractivity contribution in [3.63, 3.8) is 0 Å². The molecular weight excluding hydrogens is 266 g/mol. The van der Waals surface area contributed by atoms with Crippen molar-refractivity contribution in [2.45, 2.75) is 52.4 Å². The lowest BCUT2D eigenvalue weighted by atomic mass is 10.1. The van der Waals surface area contributed by atoms with Crippen LogP contribution in [-0.2, 0) is 4.74 Å². The van der Waals surface area contributed by atoms with Crippen LogP contribution >= 0.6 is 0 Å². The number of nitrogens with two attached hydrogens (primary N) is 1. The Kier molecular flexibility index (Phi) is 8.24. The van der Waals surface area contributed by atoms with Gasteiger partial charge in [0, 0.05) is 6.54 Å². The van der Waals surface area contributed by atoms with Crippen LogP contribution in [0.25, 0.3) is 0 Å². The van der Waals surface area contributed by atoms with E-state index in [1.807, 2.05) is 0 Å². The van der Waals surface area contributed by atoms with Crippen LogP contribution in [0.1, 0.15) is 62.7 Å². The van der Waals surface area contributed by atoms with Gasteiger partial charge in [0.25, 0.3) is 0 Å². The molecule has 1 aromatic rings. The monoisotopic (exact) mass is 293 g/mol. The number of nitrogen functional groups attached to an aromatic ring is 1. The van der Waals surface area contributed by atoms with E-state index < -0.39 is 0 Å². The molecule has 0 radical (unpaired) electrons. The molecule has 1 rings (SSSR count). The van der Waals surface area contributed by atoms with Crippen LogP contribution in [0.15, 0.2) is 12.3 Å². The van der Waals surface area contributed by atoms with Crippen molar-refractivity contribution in [3.05, 3.63) is 17.8 Å². The molecule has 0 aliphatic heterocycles. The number of carbonyl (C=O) groups excluding carboxylic acids is 1. The van der Waals surface area contributed by atoms with Crippen molar-refractivity contribution in [1.29, 1.82) is 0 Å². The number of carbonyl (C=O) groups is 1. The maximum absolute atomic E-state index is 11.9. The Morgan fingerprint density at radius 2 is 1.95 bits per heavy atom. The fraction of sp³-hybridized carbons (Fsp3) is 0.625. The molecule has 0 bridgehead atoms. The molecule has 0 aliphatic rings. The predicted molar refractivity (Wildman–Crippen MR) is 86.5 cm³/mol. The summed E-state index contributed by atoms with van der Waals surface area (Å²) in [6.45, 7) is 5.13. The van der Waals surface area contributed by atoms with Gasteiger partial charge in [-0.05, 0) is 19.4 Å². The number of aromatic nitrogens is 1. The summed E-state index contributed by atoms with van der Waals surface area (Å²) < 4.78 is 5.02. The maximum Gasteiger partial charge on any atom is 0.341 e. The standard InChI is InChI=1S/C16H27N3O2/c1-3-5-6-7-8-9-10-18-15-14(16(20)21-4-2)11-13(17)12-19-15/h11-12H,3-10,17H2,1-2H3,(H,18,19). The van der Waals surface area contributed by atoms with Crippen LogP contribution in [0, 0.1) is 0 Å². The lowest BCUT2D eigenvalue weighted by Gasteiger charge is -2.11. The van der Waals surface area contributed by atoms with Crippen molar-refractivity contribution in [2.75, 3.05) is 24.2 Å². The van der Waals surface area contributed by atoms with E-state index in [-0.39, 0.29) is 5.97 Å². The van der Waals surface area contributed by atoms with Gasteiger partial charge in [0.05, 0.1) is 18.5 Å². The molecule has 0 fully saturated rings. The Hall–Kier alpha value is -1.78. The molecule has 0 unspecified atom stereocenters. The molecule has 0 atom stereocenters. The maximum atomic E-state index is 11.9. The largest absolute Gasteiger partial charge is 0.462 e. The normalized spacial score (nSPS) is 10.4. The highest BCUT2D eigenvalue weighted by molar-refractivity contribution is 5.95. The molecule has 5 nitrogen and oxygen atoms in total. The van der Waals surface area contributed by atoms with Crippen LogP contribution < -0.4 is 11.1 Å². The van der Waals surface area contributed by atoms with E-state index in [1.54, 1.807) is 19.2 Å². The van der Waals surface area contributed by atoms with Crippen molar-refractivity contribution < 1.29 is 9.53 Å². The van der Waals surface area contributed by atoms with Crippen LogP contribution in [0.5, 0.6) is 0 Å². The van der Waals surface area contributed by atoms with Crippen LogP contribution in [0.4, 0.5) is 11.5 Å². The molecule has 0 aliphatic carbocycles. The van der Waals surface area contributed by atoms with Gasteiger partial charge in [0.2, 0.25) is 0 Å². The van der Waals surface area contributed by atoms with E-state index in [0.717, 1.165) is 13.0 Å². The third-order valence-electron chi connectivity index (χ3n) is 3.23. The first kappa shape index (κ1) is 17.3. The summed E-state index contributed by atoms with van der Waals surface area (Å²) in [5.74, 6) is 0.166. The molecule has 118 valence electrons. The van der Waals surface area contributed by atoms with Gasteiger partial charge >= 0.3 is 5.97 Å². The molecule has 0 spiro atoms.